The summed E-state index contributed by atoms with van der Waals surface area (Å²) >= 11 is 0. The lowest BCUT2D eigenvalue weighted by atomic mass is 9.96. The van der Waals surface area contributed by atoms with Crippen LogP contribution in [0.2, 0.25) is 0 Å². The second-order valence-corrected chi connectivity index (χ2v) is 6.16. The van der Waals surface area contributed by atoms with Gasteiger partial charge in [0.1, 0.15) is 5.82 Å². The van der Waals surface area contributed by atoms with Crippen molar-refractivity contribution in [3.05, 3.63) is 27.4 Å². The van der Waals surface area contributed by atoms with Crippen LogP contribution in [-0.2, 0) is 0 Å². The number of H-pyrrole nitrogens is 1. The molecular formula is C16H28N4O. The summed E-state index contributed by atoms with van der Waals surface area (Å²) in [6.45, 7) is 12.5. The third kappa shape index (κ3) is 4.14. The highest BCUT2D eigenvalue weighted by Crippen LogP contribution is 2.18. The fourth-order valence-corrected chi connectivity index (χ4v) is 3.20. The van der Waals surface area contributed by atoms with Gasteiger partial charge in [-0.05, 0) is 65.7 Å². The van der Waals surface area contributed by atoms with Crippen LogP contribution >= 0.6 is 0 Å². The molecule has 2 rings (SSSR count). The standard InChI is InChI=1S/C16H28N4O/c1-5-20-8-6-14(7-9-20)10-17-11(2)15-12(3)18-13(4)19-16(15)21/h11,14,17H,5-10H2,1-4H3,(H,18,19,21). The molecule has 0 saturated carbocycles. The molecule has 1 fully saturated rings. The molecule has 0 amide bonds. The molecule has 2 heterocycles. The smallest absolute Gasteiger partial charge is 0.255 e. The number of aryl methyl sites for hydroxylation is 2. The van der Waals surface area contributed by atoms with Crippen LogP contribution in [0.1, 0.15) is 49.8 Å². The fraction of sp³-hybridized carbons (Fsp3) is 0.750. The first-order valence-corrected chi connectivity index (χ1v) is 8.04. The highest BCUT2D eigenvalue weighted by molar-refractivity contribution is 5.19. The Hall–Kier alpha value is -1.20. The van der Waals surface area contributed by atoms with Crippen LogP contribution in [0.5, 0.6) is 0 Å². The monoisotopic (exact) mass is 292 g/mol. The van der Waals surface area contributed by atoms with Gasteiger partial charge in [-0.15, -0.1) is 0 Å². The molecule has 0 aliphatic carbocycles. The van der Waals surface area contributed by atoms with Crippen molar-refractivity contribution in [1.82, 2.24) is 20.2 Å². The van der Waals surface area contributed by atoms with Crippen LogP contribution < -0.4 is 10.9 Å². The molecule has 1 aliphatic heterocycles. The van der Waals surface area contributed by atoms with Gasteiger partial charge in [-0.3, -0.25) is 4.79 Å². The molecule has 0 radical (unpaired) electrons. The Morgan fingerprint density at radius 3 is 2.62 bits per heavy atom. The lowest BCUT2D eigenvalue weighted by molar-refractivity contribution is 0.188. The van der Waals surface area contributed by atoms with Gasteiger partial charge in [0, 0.05) is 11.7 Å². The van der Waals surface area contributed by atoms with Crippen LogP contribution in [0.15, 0.2) is 4.79 Å². The van der Waals surface area contributed by atoms with E-state index in [4.69, 9.17) is 0 Å². The molecule has 0 bridgehead atoms. The number of rotatable bonds is 5. The number of hydrogen-bond acceptors (Lipinski definition) is 4. The number of aromatic nitrogens is 2. The molecule has 118 valence electrons. The average Bonchev–Trinajstić information content (AvgIpc) is 2.44. The van der Waals surface area contributed by atoms with Crippen molar-refractivity contribution in [2.45, 2.75) is 46.6 Å². The second-order valence-electron chi connectivity index (χ2n) is 6.16. The minimum Gasteiger partial charge on any atom is -0.310 e. The first-order valence-electron chi connectivity index (χ1n) is 8.04. The number of nitrogens with one attached hydrogen (secondary N) is 2. The number of nitrogens with zero attached hydrogens (tertiary/aromatic N) is 2. The minimum absolute atomic E-state index is 0.0131. The summed E-state index contributed by atoms with van der Waals surface area (Å²) in [7, 11) is 0. The van der Waals surface area contributed by atoms with Gasteiger partial charge in [0.2, 0.25) is 0 Å². The number of hydrogen-bond donors (Lipinski definition) is 2. The second kappa shape index (κ2) is 7.18. The molecule has 2 N–H and O–H groups in total. The quantitative estimate of drug-likeness (QED) is 0.868. The molecular weight excluding hydrogens is 264 g/mol. The van der Waals surface area contributed by atoms with Crippen molar-refractivity contribution >= 4 is 0 Å². The highest BCUT2D eigenvalue weighted by atomic mass is 16.1. The van der Waals surface area contributed by atoms with E-state index >= 15 is 0 Å². The molecule has 0 aromatic carbocycles. The zero-order valence-electron chi connectivity index (χ0n) is 13.7. The van der Waals surface area contributed by atoms with Gasteiger partial charge >= 0.3 is 0 Å². The summed E-state index contributed by atoms with van der Waals surface area (Å²) in [5, 5.41) is 3.52. The normalized spacial score (nSPS) is 18.9. The molecule has 1 aromatic heterocycles. The summed E-state index contributed by atoms with van der Waals surface area (Å²) in [4.78, 5) is 21.8. The first kappa shape index (κ1) is 16.2. The van der Waals surface area contributed by atoms with Gasteiger partial charge in [-0.25, -0.2) is 4.98 Å². The SMILES string of the molecule is CCN1CCC(CNC(C)c2c(C)nc(C)[nH]c2=O)CC1. The minimum atomic E-state index is -0.0131. The van der Waals surface area contributed by atoms with E-state index in [-0.39, 0.29) is 11.6 Å². The zero-order chi connectivity index (χ0) is 15.4. The fourth-order valence-electron chi connectivity index (χ4n) is 3.20. The Kier molecular flexibility index (Phi) is 5.53. The largest absolute Gasteiger partial charge is 0.310 e. The zero-order valence-corrected chi connectivity index (χ0v) is 13.7. The highest BCUT2D eigenvalue weighted by Gasteiger charge is 2.20. The van der Waals surface area contributed by atoms with Crippen LogP contribution in [0, 0.1) is 19.8 Å². The van der Waals surface area contributed by atoms with E-state index in [0.29, 0.717) is 11.7 Å². The van der Waals surface area contributed by atoms with Crippen LogP contribution in [-0.4, -0.2) is 41.0 Å². The molecule has 1 saturated heterocycles. The summed E-state index contributed by atoms with van der Waals surface area (Å²) in [5.74, 6) is 1.40. The maximum atomic E-state index is 12.1. The Balaban J connectivity index is 1.91. The summed E-state index contributed by atoms with van der Waals surface area (Å²) < 4.78 is 0. The maximum Gasteiger partial charge on any atom is 0.255 e. The Labute approximate surface area is 127 Å². The van der Waals surface area contributed by atoms with Crippen LogP contribution in [0.3, 0.4) is 0 Å². The lowest BCUT2D eigenvalue weighted by Gasteiger charge is -2.31. The van der Waals surface area contributed by atoms with Gasteiger partial charge in [0.05, 0.1) is 5.56 Å². The molecule has 5 heteroatoms. The van der Waals surface area contributed by atoms with E-state index in [1.54, 1.807) is 0 Å². The number of aromatic amines is 1. The van der Waals surface area contributed by atoms with E-state index in [0.717, 1.165) is 24.3 Å². The van der Waals surface area contributed by atoms with E-state index in [2.05, 4.69) is 34.0 Å². The summed E-state index contributed by atoms with van der Waals surface area (Å²) in [5.41, 5.74) is 1.59. The van der Waals surface area contributed by atoms with Gasteiger partial charge in [-0.1, -0.05) is 6.92 Å². The molecule has 1 atom stereocenters. The predicted octanol–water partition coefficient (Wildman–Crippen LogP) is 1.77. The lowest BCUT2D eigenvalue weighted by Crippen LogP contribution is -2.38. The summed E-state index contributed by atoms with van der Waals surface area (Å²) in [6.07, 6.45) is 2.49. The van der Waals surface area contributed by atoms with Gasteiger partial charge in [-0.2, -0.15) is 0 Å². The first-order chi connectivity index (χ1) is 10.0. The molecule has 1 aromatic rings. The van der Waals surface area contributed by atoms with Crippen molar-refractivity contribution in [1.29, 1.82) is 0 Å². The number of likely N-dealkylation sites (tertiary alicyclic amines) is 1. The topological polar surface area (TPSA) is 61.0 Å². The third-order valence-corrected chi connectivity index (χ3v) is 4.56. The summed E-state index contributed by atoms with van der Waals surface area (Å²) in [6, 6.07) is 0.0473. The molecule has 1 aliphatic rings. The number of piperidine rings is 1. The van der Waals surface area contributed by atoms with Crippen molar-refractivity contribution < 1.29 is 0 Å². The average molecular weight is 292 g/mol. The van der Waals surface area contributed by atoms with E-state index in [1.165, 1.54) is 25.9 Å². The molecule has 0 spiro atoms. The van der Waals surface area contributed by atoms with Gasteiger partial charge in [0.25, 0.3) is 5.56 Å². The van der Waals surface area contributed by atoms with Gasteiger partial charge < -0.3 is 15.2 Å². The van der Waals surface area contributed by atoms with E-state index < -0.39 is 0 Å². The van der Waals surface area contributed by atoms with Crippen LogP contribution in [0.4, 0.5) is 0 Å². The third-order valence-electron chi connectivity index (χ3n) is 4.56. The van der Waals surface area contributed by atoms with Crippen molar-refractivity contribution in [2.75, 3.05) is 26.2 Å². The Morgan fingerprint density at radius 2 is 2.05 bits per heavy atom. The van der Waals surface area contributed by atoms with Crippen LogP contribution in [0.25, 0.3) is 0 Å². The van der Waals surface area contributed by atoms with Crippen molar-refractivity contribution in [2.24, 2.45) is 5.92 Å². The molecule has 21 heavy (non-hydrogen) atoms. The van der Waals surface area contributed by atoms with E-state index in [9.17, 15) is 4.79 Å². The van der Waals surface area contributed by atoms with Crippen molar-refractivity contribution in [3.8, 4) is 0 Å². The molecule has 1 unspecified atom stereocenters. The predicted molar refractivity (Wildman–Crippen MR) is 85.6 cm³/mol. The van der Waals surface area contributed by atoms with E-state index in [1.807, 2.05) is 13.8 Å². The van der Waals surface area contributed by atoms with Crippen molar-refractivity contribution in [3.63, 3.8) is 0 Å². The Bertz CT molecular complexity index is 517. The van der Waals surface area contributed by atoms with Gasteiger partial charge in [0.15, 0.2) is 0 Å². The molecule has 5 nitrogen and oxygen atoms in total. The maximum absolute atomic E-state index is 12.1. The Morgan fingerprint density at radius 1 is 1.38 bits per heavy atom.